The van der Waals surface area contributed by atoms with Gasteiger partial charge in [-0.3, -0.25) is 4.79 Å². The summed E-state index contributed by atoms with van der Waals surface area (Å²) < 4.78 is 13.9. The maximum Gasteiger partial charge on any atom is 0.261 e. The van der Waals surface area contributed by atoms with Crippen LogP contribution in [-0.4, -0.2) is 63.2 Å². The fourth-order valence-corrected chi connectivity index (χ4v) is 5.79. The topological polar surface area (TPSA) is 122 Å². The molecule has 0 spiro atoms. The van der Waals surface area contributed by atoms with E-state index in [2.05, 4.69) is 48.9 Å². The minimum absolute atomic E-state index is 0.0229. The molecule has 10 heteroatoms. The summed E-state index contributed by atoms with van der Waals surface area (Å²) in [6.07, 6.45) is 1.44. The number of aromatic nitrogens is 4. The van der Waals surface area contributed by atoms with Crippen LogP contribution in [0.5, 0.6) is 0 Å². The summed E-state index contributed by atoms with van der Waals surface area (Å²) >= 11 is 0. The molecule has 1 saturated heterocycles. The van der Waals surface area contributed by atoms with E-state index in [9.17, 15) is 15.0 Å². The van der Waals surface area contributed by atoms with Crippen LogP contribution in [0.3, 0.4) is 0 Å². The Labute approximate surface area is 164 Å². The molecule has 9 nitrogen and oxygen atoms in total. The zero-order valence-electron chi connectivity index (χ0n) is 17.0. The van der Waals surface area contributed by atoms with E-state index in [0.29, 0.717) is 11.0 Å². The van der Waals surface area contributed by atoms with Gasteiger partial charge >= 0.3 is 0 Å². The Balaban J connectivity index is 1.99. The van der Waals surface area contributed by atoms with E-state index < -0.39 is 32.9 Å². The van der Waals surface area contributed by atoms with Crippen LogP contribution in [0.25, 0.3) is 11.0 Å². The summed E-state index contributed by atoms with van der Waals surface area (Å²) in [4.78, 5) is 18.7. The lowest BCUT2D eigenvalue weighted by atomic mass is 10.1. The Hall–Kier alpha value is -1.59. The molecular weight excluding hydrogens is 380 g/mol. The monoisotopic (exact) mass is 410 g/mol. The third-order valence-corrected chi connectivity index (χ3v) is 10.4. The number of fused-ring (bicyclic) bond motifs is 1. The summed E-state index contributed by atoms with van der Waals surface area (Å²) in [6.45, 7) is 10.4. The van der Waals surface area contributed by atoms with Gasteiger partial charge in [-0.15, -0.1) is 0 Å². The number of nitrogens with zero attached hydrogens (tertiary/aromatic N) is 3. The Kier molecular flexibility index (Phi) is 5.79. The van der Waals surface area contributed by atoms with Gasteiger partial charge in [-0.05, 0) is 24.6 Å². The average molecular weight is 411 g/mol. The number of hydrogen-bond acceptors (Lipinski definition) is 7. The van der Waals surface area contributed by atoms with Crippen molar-refractivity contribution in [2.45, 2.75) is 76.3 Å². The van der Waals surface area contributed by atoms with Gasteiger partial charge in [0.2, 0.25) is 0 Å². The van der Waals surface area contributed by atoms with Gasteiger partial charge in [0, 0.05) is 0 Å². The van der Waals surface area contributed by atoms with Crippen LogP contribution in [0.1, 0.15) is 39.8 Å². The Morgan fingerprint density at radius 3 is 2.79 bits per heavy atom. The van der Waals surface area contributed by atoms with Crippen LogP contribution in [-0.2, 0) is 9.16 Å². The molecule has 2 aromatic heterocycles. The lowest BCUT2D eigenvalue weighted by Crippen LogP contribution is -2.49. The van der Waals surface area contributed by atoms with Crippen molar-refractivity contribution < 1.29 is 19.4 Å². The number of aromatic amines is 1. The summed E-state index contributed by atoms with van der Waals surface area (Å²) in [5, 5.41) is 25.0. The SMILES string of the molecule is CCCC(C)(C)[Si](C)(C)O[C@@H]1[C@H](O)[C@@H](CO)O[C@H]1n1ncc2c(=O)[nH]cnc21. The average Bonchev–Trinajstić information content (AvgIpc) is 3.17. The molecule has 0 amide bonds. The van der Waals surface area contributed by atoms with Crippen LogP contribution in [0.15, 0.2) is 17.3 Å². The first-order valence-electron chi connectivity index (χ1n) is 9.66. The number of rotatable bonds is 7. The smallest absolute Gasteiger partial charge is 0.261 e. The van der Waals surface area contributed by atoms with E-state index in [-0.39, 0.29) is 17.2 Å². The fraction of sp³-hybridized carbons (Fsp3) is 0.722. The van der Waals surface area contributed by atoms with Crippen molar-refractivity contribution in [1.82, 2.24) is 19.7 Å². The second kappa shape index (κ2) is 7.67. The third-order valence-electron chi connectivity index (χ3n) is 6.07. The molecule has 0 radical (unpaired) electrons. The van der Waals surface area contributed by atoms with Crippen molar-refractivity contribution in [2.24, 2.45) is 0 Å². The minimum atomic E-state index is -2.28. The van der Waals surface area contributed by atoms with Crippen LogP contribution < -0.4 is 5.56 Å². The number of hydrogen-bond donors (Lipinski definition) is 3. The van der Waals surface area contributed by atoms with Gasteiger partial charge in [-0.25, -0.2) is 9.67 Å². The number of ether oxygens (including phenoxy) is 1. The van der Waals surface area contributed by atoms with Crippen LogP contribution in [0.2, 0.25) is 18.1 Å². The lowest BCUT2D eigenvalue weighted by Gasteiger charge is -2.42. The zero-order chi connectivity index (χ0) is 20.7. The predicted molar refractivity (Wildman–Crippen MR) is 106 cm³/mol. The first kappa shape index (κ1) is 21.1. The second-order valence-electron chi connectivity index (χ2n) is 8.52. The fourth-order valence-electron chi connectivity index (χ4n) is 3.68. The highest BCUT2D eigenvalue weighted by molar-refractivity contribution is 6.74. The molecular formula is C18H30N4O5Si. The molecule has 28 heavy (non-hydrogen) atoms. The van der Waals surface area contributed by atoms with Gasteiger partial charge in [0.05, 0.1) is 19.1 Å². The van der Waals surface area contributed by atoms with Crippen LogP contribution in [0, 0.1) is 0 Å². The number of aliphatic hydroxyl groups is 2. The highest BCUT2D eigenvalue weighted by atomic mass is 28.4. The normalized spacial score (nSPS) is 26.2. The summed E-state index contributed by atoms with van der Waals surface area (Å²) in [6, 6.07) is 0. The molecule has 1 fully saturated rings. The summed E-state index contributed by atoms with van der Waals surface area (Å²) in [5.74, 6) is 0. The molecule has 3 heterocycles. The van der Waals surface area contributed by atoms with Crippen molar-refractivity contribution in [1.29, 1.82) is 0 Å². The predicted octanol–water partition coefficient (Wildman–Crippen LogP) is 1.54. The molecule has 1 aliphatic rings. The Morgan fingerprint density at radius 2 is 2.14 bits per heavy atom. The highest BCUT2D eigenvalue weighted by Crippen LogP contribution is 2.45. The minimum Gasteiger partial charge on any atom is -0.406 e. The Morgan fingerprint density at radius 1 is 1.43 bits per heavy atom. The number of nitrogens with one attached hydrogen (secondary N) is 1. The van der Waals surface area contributed by atoms with Crippen molar-refractivity contribution in [3.05, 3.63) is 22.9 Å². The van der Waals surface area contributed by atoms with Gasteiger partial charge in [0.15, 0.2) is 20.2 Å². The number of H-pyrrole nitrogens is 1. The van der Waals surface area contributed by atoms with Gasteiger partial charge in [0.1, 0.15) is 23.7 Å². The molecule has 0 aliphatic carbocycles. The van der Waals surface area contributed by atoms with Crippen LogP contribution >= 0.6 is 0 Å². The molecule has 156 valence electrons. The zero-order valence-corrected chi connectivity index (χ0v) is 18.0. The van der Waals surface area contributed by atoms with E-state index in [4.69, 9.17) is 9.16 Å². The maximum absolute atomic E-state index is 12.0. The van der Waals surface area contributed by atoms with E-state index in [1.54, 1.807) is 0 Å². The molecule has 0 aromatic carbocycles. The van der Waals surface area contributed by atoms with Crippen molar-refractivity contribution >= 4 is 19.4 Å². The number of aliphatic hydroxyl groups excluding tert-OH is 2. The standard InChI is InChI=1S/C18H30N4O5Si/c1-6-7-18(2,3)28(4,5)27-14-13(24)12(9-23)26-17(14)22-15-11(8-21-22)16(25)20-10-19-15/h8,10,12-14,17,23-24H,6-7,9H2,1-5H3,(H,19,20,25)/t12-,13-,14-,17-/m1/s1. The lowest BCUT2D eigenvalue weighted by molar-refractivity contribution is -0.0551. The quantitative estimate of drug-likeness (QED) is 0.592. The van der Waals surface area contributed by atoms with Gasteiger partial charge in [-0.2, -0.15) is 5.10 Å². The highest BCUT2D eigenvalue weighted by Gasteiger charge is 2.51. The first-order chi connectivity index (χ1) is 13.1. The van der Waals surface area contributed by atoms with Crippen LogP contribution in [0.4, 0.5) is 0 Å². The maximum atomic E-state index is 12.0. The molecule has 3 rings (SSSR count). The Bertz CT molecular complexity index is 880. The largest absolute Gasteiger partial charge is 0.406 e. The third kappa shape index (κ3) is 3.55. The van der Waals surface area contributed by atoms with E-state index in [1.165, 1.54) is 17.2 Å². The molecule has 4 atom stereocenters. The first-order valence-corrected chi connectivity index (χ1v) is 12.6. The van der Waals surface area contributed by atoms with E-state index >= 15 is 0 Å². The molecule has 1 aliphatic heterocycles. The van der Waals surface area contributed by atoms with Gasteiger partial charge < -0.3 is 24.4 Å². The second-order valence-corrected chi connectivity index (χ2v) is 13.1. The van der Waals surface area contributed by atoms with Gasteiger partial charge in [-0.1, -0.05) is 27.2 Å². The van der Waals surface area contributed by atoms with Crippen molar-refractivity contribution in [3.63, 3.8) is 0 Å². The van der Waals surface area contributed by atoms with E-state index in [0.717, 1.165) is 12.8 Å². The molecule has 0 unspecified atom stereocenters. The summed E-state index contributed by atoms with van der Waals surface area (Å²) in [7, 11) is -2.28. The van der Waals surface area contributed by atoms with E-state index in [1.807, 2.05) is 0 Å². The van der Waals surface area contributed by atoms with Crippen molar-refractivity contribution in [2.75, 3.05) is 6.61 Å². The molecule has 2 aromatic rings. The van der Waals surface area contributed by atoms with Crippen molar-refractivity contribution in [3.8, 4) is 0 Å². The van der Waals surface area contributed by atoms with Gasteiger partial charge in [0.25, 0.3) is 5.56 Å². The molecule has 3 N–H and O–H groups in total. The summed E-state index contributed by atoms with van der Waals surface area (Å²) in [5.41, 5.74) is 0.0465. The molecule has 0 bridgehead atoms. The molecule has 0 saturated carbocycles.